The van der Waals surface area contributed by atoms with Crippen LogP contribution in [0.5, 0.6) is 11.5 Å². The van der Waals surface area contributed by atoms with Gasteiger partial charge in [0.1, 0.15) is 0 Å². The van der Waals surface area contributed by atoms with Gasteiger partial charge >= 0.3 is 0 Å². The Kier molecular flexibility index (Phi) is 5.81. The Labute approximate surface area is 185 Å². The van der Waals surface area contributed by atoms with Gasteiger partial charge in [-0.2, -0.15) is 4.31 Å². The third kappa shape index (κ3) is 4.20. The van der Waals surface area contributed by atoms with Crippen LogP contribution in [0.4, 0.5) is 0 Å². The van der Waals surface area contributed by atoms with Gasteiger partial charge in [-0.05, 0) is 37.3 Å². The van der Waals surface area contributed by atoms with E-state index in [1.165, 1.54) is 9.88 Å². The Morgan fingerprint density at radius 1 is 1.06 bits per heavy atom. The number of piperazine rings is 1. The lowest BCUT2D eigenvalue weighted by Crippen LogP contribution is -2.51. The van der Waals surface area contributed by atoms with E-state index in [2.05, 4.69) is 33.8 Å². The number of hydrogen-bond acceptors (Lipinski definition) is 5. The fraction of sp³-hybridized carbons (Fsp3) is 0.609. The molecule has 31 heavy (non-hydrogen) atoms. The zero-order chi connectivity index (χ0) is 22.4. The monoisotopic (exact) mass is 448 g/mol. The smallest absolute Gasteiger partial charge is 0.243 e. The molecule has 3 aliphatic rings. The van der Waals surface area contributed by atoms with Gasteiger partial charge in [0, 0.05) is 38.7 Å². The fourth-order valence-corrected chi connectivity index (χ4v) is 6.06. The predicted octanol–water partition coefficient (Wildman–Crippen LogP) is 2.92. The highest BCUT2D eigenvalue weighted by atomic mass is 32.2. The summed E-state index contributed by atoms with van der Waals surface area (Å²) in [5.41, 5.74) is 1.18. The zero-order valence-corrected chi connectivity index (χ0v) is 19.6. The van der Waals surface area contributed by atoms with Crippen molar-refractivity contribution in [3.63, 3.8) is 0 Å². The molecule has 0 bridgehead atoms. The number of carbonyl (C=O) groups is 1. The van der Waals surface area contributed by atoms with Crippen molar-refractivity contribution < 1.29 is 22.7 Å². The standard InChI is InChI=1S/C23H32N2O5S/c1-16(2)14-18-21(23(18,3)4)22(26)24-8-10-25(11-9-24)31(27,28)17-6-7-19-20(15-17)30-13-5-12-29-19/h6-7,14-15,18,21H,5,8-13H2,1-4H3/t18-,21+/m0/s1. The Morgan fingerprint density at radius 2 is 1.71 bits per heavy atom. The van der Waals surface area contributed by atoms with Crippen LogP contribution in [0.25, 0.3) is 0 Å². The lowest BCUT2D eigenvalue weighted by Gasteiger charge is -2.34. The van der Waals surface area contributed by atoms with Crippen LogP contribution in [0.3, 0.4) is 0 Å². The van der Waals surface area contributed by atoms with Crippen molar-refractivity contribution in [2.24, 2.45) is 17.3 Å². The summed E-state index contributed by atoms with van der Waals surface area (Å²) in [6.07, 6.45) is 2.95. The maximum absolute atomic E-state index is 13.2. The quantitative estimate of drug-likeness (QED) is 0.662. The Hall–Kier alpha value is -2.06. The average molecular weight is 449 g/mol. The molecule has 0 spiro atoms. The molecule has 2 heterocycles. The summed E-state index contributed by atoms with van der Waals surface area (Å²) in [5.74, 6) is 1.42. The minimum absolute atomic E-state index is 0.0210. The van der Waals surface area contributed by atoms with Gasteiger partial charge in [0.05, 0.1) is 24.0 Å². The molecular weight excluding hydrogens is 416 g/mol. The van der Waals surface area contributed by atoms with Gasteiger partial charge < -0.3 is 14.4 Å². The molecule has 1 saturated heterocycles. The number of sulfonamides is 1. The molecule has 1 aromatic carbocycles. The molecule has 2 aliphatic heterocycles. The lowest BCUT2D eigenvalue weighted by molar-refractivity contribution is -0.134. The maximum Gasteiger partial charge on any atom is 0.243 e. The number of benzene rings is 1. The first kappa shape index (κ1) is 22.1. The molecule has 0 unspecified atom stereocenters. The summed E-state index contributed by atoms with van der Waals surface area (Å²) in [7, 11) is -3.66. The molecule has 0 aromatic heterocycles. The predicted molar refractivity (Wildman–Crippen MR) is 118 cm³/mol. The van der Waals surface area contributed by atoms with Crippen LogP contribution in [-0.4, -0.2) is 62.9 Å². The SMILES string of the molecule is CC(C)=C[C@H]1[C@H](C(=O)N2CCN(S(=O)(=O)c3ccc4c(c3)OCCCO4)CC2)C1(C)C. The molecule has 0 radical (unpaired) electrons. The van der Waals surface area contributed by atoms with Crippen molar-refractivity contribution in [1.82, 2.24) is 9.21 Å². The van der Waals surface area contributed by atoms with Crippen LogP contribution in [-0.2, 0) is 14.8 Å². The molecule has 8 heteroatoms. The van der Waals surface area contributed by atoms with Crippen molar-refractivity contribution in [2.75, 3.05) is 39.4 Å². The zero-order valence-electron chi connectivity index (χ0n) is 18.8. The molecule has 1 aliphatic carbocycles. The van der Waals surface area contributed by atoms with Gasteiger partial charge in [-0.1, -0.05) is 25.5 Å². The van der Waals surface area contributed by atoms with Gasteiger partial charge in [0.2, 0.25) is 15.9 Å². The van der Waals surface area contributed by atoms with Crippen molar-refractivity contribution in [3.05, 3.63) is 29.8 Å². The Morgan fingerprint density at radius 3 is 2.35 bits per heavy atom. The highest BCUT2D eigenvalue weighted by Gasteiger charge is 2.61. The minimum Gasteiger partial charge on any atom is -0.490 e. The molecule has 170 valence electrons. The van der Waals surface area contributed by atoms with E-state index in [0.717, 1.165) is 6.42 Å². The summed E-state index contributed by atoms with van der Waals surface area (Å²) < 4.78 is 39.1. The van der Waals surface area contributed by atoms with Crippen LogP contribution >= 0.6 is 0 Å². The fourth-order valence-electron chi connectivity index (χ4n) is 4.62. The van der Waals surface area contributed by atoms with E-state index in [-0.39, 0.29) is 28.1 Å². The average Bonchev–Trinajstić information content (AvgIpc) is 3.35. The van der Waals surface area contributed by atoms with Crippen LogP contribution in [0.1, 0.15) is 34.1 Å². The van der Waals surface area contributed by atoms with Crippen molar-refractivity contribution in [2.45, 2.75) is 39.0 Å². The van der Waals surface area contributed by atoms with Crippen molar-refractivity contribution >= 4 is 15.9 Å². The lowest BCUT2D eigenvalue weighted by atomic mass is 10.1. The normalized spacial score (nSPS) is 25.5. The highest BCUT2D eigenvalue weighted by molar-refractivity contribution is 7.89. The van der Waals surface area contributed by atoms with Gasteiger partial charge in [-0.15, -0.1) is 0 Å². The molecule has 1 aromatic rings. The largest absolute Gasteiger partial charge is 0.490 e. The molecule has 1 saturated carbocycles. The molecule has 1 amide bonds. The van der Waals surface area contributed by atoms with E-state index in [4.69, 9.17) is 9.47 Å². The molecule has 7 nitrogen and oxygen atoms in total. The number of hydrogen-bond donors (Lipinski definition) is 0. The Balaban J connectivity index is 1.42. The topological polar surface area (TPSA) is 76.2 Å². The third-order valence-corrected chi connectivity index (χ3v) is 8.49. The summed E-state index contributed by atoms with van der Waals surface area (Å²) in [6.45, 7) is 10.8. The molecule has 0 N–H and O–H groups in total. The second-order valence-electron chi connectivity index (χ2n) is 9.46. The van der Waals surface area contributed by atoms with Crippen LogP contribution in [0.15, 0.2) is 34.7 Å². The number of nitrogens with zero attached hydrogens (tertiary/aromatic N) is 2. The van der Waals surface area contributed by atoms with Gasteiger partial charge in [-0.25, -0.2) is 8.42 Å². The summed E-state index contributed by atoms with van der Waals surface area (Å²) in [6, 6.07) is 4.77. The minimum atomic E-state index is -3.66. The summed E-state index contributed by atoms with van der Waals surface area (Å²) >= 11 is 0. The molecule has 2 atom stereocenters. The van der Waals surface area contributed by atoms with E-state index in [1.54, 1.807) is 18.2 Å². The first-order valence-electron chi connectivity index (χ1n) is 11.0. The van der Waals surface area contributed by atoms with Crippen LogP contribution in [0.2, 0.25) is 0 Å². The number of allylic oxidation sites excluding steroid dienone is 2. The number of rotatable bonds is 4. The van der Waals surface area contributed by atoms with E-state index >= 15 is 0 Å². The molecular formula is C23H32N2O5S. The number of ether oxygens (including phenoxy) is 2. The van der Waals surface area contributed by atoms with Gasteiger partial charge in [0.15, 0.2) is 11.5 Å². The number of amides is 1. The first-order valence-corrected chi connectivity index (χ1v) is 12.4. The van der Waals surface area contributed by atoms with E-state index < -0.39 is 10.0 Å². The Bertz CT molecular complexity index is 989. The van der Waals surface area contributed by atoms with Crippen LogP contribution in [0, 0.1) is 17.3 Å². The van der Waals surface area contributed by atoms with E-state index in [9.17, 15) is 13.2 Å². The third-order valence-electron chi connectivity index (χ3n) is 6.60. The first-order chi connectivity index (χ1) is 14.6. The second kappa shape index (κ2) is 8.13. The van der Waals surface area contributed by atoms with E-state index in [0.29, 0.717) is 50.9 Å². The summed E-state index contributed by atoms with van der Waals surface area (Å²) in [4.78, 5) is 15.1. The molecule has 4 rings (SSSR count). The van der Waals surface area contributed by atoms with Crippen LogP contribution < -0.4 is 9.47 Å². The van der Waals surface area contributed by atoms with Gasteiger partial charge in [0.25, 0.3) is 0 Å². The maximum atomic E-state index is 13.2. The second-order valence-corrected chi connectivity index (χ2v) is 11.4. The number of fused-ring (bicyclic) bond motifs is 1. The van der Waals surface area contributed by atoms with Crippen molar-refractivity contribution in [3.8, 4) is 11.5 Å². The highest BCUT2D eigenvalue weighted by Crippen LogP contribution is 2.60. The van der Waals surface area contributed by atoms with Crippen molar-refractivity contribution in [1.29, 1.82) is 0 Å². The number of carbonyl (C=O) groups excluding carboxylic acids is 1. The van der Waals surface area contributed by atoms with Gasteiger partial charge in [-0.3, -0.25) is 4.79 Å². The molecule has 2 fully saturated rings. The summed E-state index contributed by atoms with van der Waals surface area (Å²) in [5, 5.41) is 0. The van der Waals surface area contributed by atoms with E-state index in [1.807, 2.05) is 4.90 Å².